The Labute approximate surface area is 173 Å². The number of hydrogen-bond donors (Lipinski definition) is 1. The third-order valence-electron chi connectivity index (χ3n) is 3.95. The highest BCUT2D eigenvalue weighted by molar-refractivity contribution is 9.10. The molecule has 0 amide bonds. The second kappa shape index (κ2) is 7.35. The molecule has 1 N–H and O–H groups in total. The number of aliphatic imine (C=N–C) groups is 1. The lowest BCUT2D eigenvalue weighted by Gasteiger charge is -2.08. The molecule has 6 heteroatoms. The largest absolute Gasteiger partial charge is 0.260 e. The van der Waals surface area contributed by atoms with Gasteiger partial charge >= 0.3 is 0 Å². The Morgan fingerprint density at radius 2 is 1.42 bits per heavy atom. The van der Waals surface area contributed by atoms with Crippen molar-refractivity contribution in [2.45, 2.75) is 0 Å². The van der Waals surface area contributed by atoms with E-state index < -0.39 is 0 Å². The summed E-state index contributed by atoms with van der Waals surface area (Å²) in [5.74, 6) is 0.699. The maximum absolute atomic E-state index is 6.03. The maximum atomic E-state index is 6.03. The van der Waals surface area contributed by atoms with Crippen LogP contribution in [-0.2, 0) is 0 Å². The average molecular weight is 490 g/mol. The quantitative estimate of drug-likeness (QED) is 0.451. The average Bonchev–Trinajstić information content (AvgIpc) is 2.83. The summed E-state index contributed by atoms with van der Waals surface area (Å²) >= 11 is 13.0. The molecule has 3 nitrogen and oxygen atoms in total. The van der Waals surface area contributed by atoms with Crippen LogP contribution in [0.2, 0.25) is 5.02 Å². The summed E-state index contributed by atoms with van der Waals surface area (Å²) in [4.78, 5) is 4.80. The zero-order chi connectivity index (χ0) is 18.1. The minimum Gasteiger partial charge on any atom is -0.260 e. The van der Waals surface area contributed by atoms with Gasteiger partial charge in [-0.05, 0) is 42.5 Å². The Bertz CT molecular complexity index is 1030. The molecule has 0 fully saturated rings. The third-order valence-corrected chi connectivity index (χ3v) is 5.23. The van der Waals surface area contributed by atoms with Crippen LogP contribution in [0.5, 0.6) is 0 Å². The lowest BCUT2D eigenvalue weighted by molar-refractivity contribution is 1.03. The predicted molar refractivity (Wildman–Crippen MR) is 115 cm³/mol. The van der Waals surface area contributed by atoms with E-state index in [0.29, 0.717) is 10.9 Å². The molecule has 1 aliphatic heterocycles. The van der Waals surface area contributed by atoms with E-state index in [9.17, 15) is 0 Å². The molecule has 1 aliphatic rings. The van der Waals surface area contributed by atoms with E-state index in [1.807, 2.05) is 66.7 Å². The summed E-state index contributed by atoms with van der Waals surface area (Å²) in [6, 6.07) is 21.6. The summed E-state index contributed by atoms with van der Waals surface area (Å²) in [6.45, 7) is 0. The Hall–Kier alpha value is -1.95. The van der Waals surface area contributed by atoms with E-state index in [0.717, 1.165) is 37.0 Å². The maximum Gasteiger partial charge on any atom is 0.154 e. The fourth-order valence-corrected chi connectivity index (χ4v) is 3.43. The molecule has 0 saturated carbocycles. The number of rotatable bonds is 2. The number of hydrogen-bond acceptors (Lipinski definition) is 3. The van der Waals surface area contributed by atoms with Crippen LogP contribution < -0.4 is 5.43 Å². The van der Waals surface area contributed by atoms with Crippen molar-refractivity contribution in [3.05, 3.63) is 97.4 Å². The molecule has 0 aliphatic carbocycles. The normalized spacial score (nSPS) is 13.2. The van der Waals surface area contributed by atoms with Crippen molar-refractivity contribution in [2.75, 3.05) is 0 Å². The van der Waals surface area contributed by atoms with Crippen LogP contribution >= 0.6 is 43.5 Å². The molecule has 0 unspecified atom stereocenters. The first-order valence-electron chi connectivity index (χ1n) is 7.84. The Morgan fingerprint density at radius 3 is 2.15 bits per heavy atom. The summed E-state index contributed by atoms with van der Waals surface area (Å²) in [7, 11) is 0. The molecule has 1 heterocycles. The van der Waals surface area contributed by atoms with Crippen molar-refractivity contribution in [3.8, 4) is 0 Å². The molecular formula is C20H12Br2ClN3. The lowest BCUT2D eigenvalue weighted by Crippen LogP contribution is -2.19. The highest BCUT2D eigenvalue weighted by Gasteiger charge is 2.17. The van der Waals surface area contributed by atoms with E-state index in [4.69, 9.17) is 16.6 Å². The molecule has 0 spiro atoms. The molecule has 0 saturated heterocycles. The summed E-state index contributed by atoms with van der Waals surface area (Å²) in [6.07, 6.45) is 0. The first-order valence-corrected chi connectivity index (χ1v) is 9.81. The number of hydrazone groups is 1. The van der Waals surface area contributed by atoms with E-state index in [1.165, 1.54) is 0 Å². The molecular weight excluding hydrogens is 478 g/mol. The highest BCUT2D eigenvalue weighted by atomic mass is 79.9. The Morgan fingerprint density at radius 1 is 0.769 bits per heavy atom. The van der Waals surface area contributed by atoms with E-state index in [2.05, 4.69) is 42.4 Å². The van der Waals surface area contributed by atoms with Gasteiger partial charge in [-0.2, -0.15) is 5.10 Å². The van der Waals surface area contributed by atoms with Crippen LogP contribution in [0.25, 0.3) is 0 Å². The molecule has 0 bridgehead atoms. The van der Waals surface area contributed by atoms with Gasteiger partial charge in [0.25, 0.3) is 0 Å². The van der Waals surface area contributed by atoms with Gasteiger partial charge in [-0.25, -0.2) is 4.99 Å². The predicted octanol–water partition coefficient (Wildman–Crippen LogP) is 6.30. The number of fused-ring (bicyclic) bond motifs is 1. The second-order valence-corrected chi connectivity index (χ2v) is 7.98. The molecule has 3 aromatic carbocycles. The standard InChI is InChI=1S/C20H12Br2ClN3/c21-14-5-1-13(2-6-14)20-24-18-10-7-15(22)11-17(18)19(25-26-20)12-3-8-16(23)9-4-12/h1-11H,(H,24,26). The first-order chi connectivity index (χ1) is 12.6. The molecule has 0 radical (unpaired) electrons. The van der Waals surface area contributed by atoms with Gasteiger partial charge in [-0.3, -0.25) is 5.43 Å². The molecule has 0 aromatic heterocycles. The third kappa shape index (κ3) is 3.61. The van der Waals surface area contributed by atoms with Gasteiger partial charge in [0.1, 0.15) is 5.71 Å². The topological polar surface area (TPSA) is 36.8 Å². The van der Waals surface area contributed by atoms with E-state index in [1.54, 1.807) is 0 Å². The van der Waals surface area contributed by atoms with Gasteiger partial charge < -0.3 is 0 Å². The summed E-state index contributed by atoms with van der Waals surface area (Å²) in [5, 5.41) is 5.34. The van der Waals surface area contributed by atoms with Crippen LogP contribution in [0.1, 0.15) is 16.7 Å². The van der Waals surface area contributed by atoms with Gasteiger partial charge in [0.05, 0.1) is 5.69 Å². The van der Waals surface area contributed by atoms with Gasteiger partial charge in [0.15, 0.2) is 5.84 Å². The first kappa shape index (κ1) is 17.5. The van der Waals surface area contributed by atoms with Crippen molar-refractivity contribution >= 4 is 60.7 Å². The van der Waals surface area contributed by atoms with E-state index >= 15 is 0 Å². The molecule has 26 heavy (non-hydrogen) atoms. The van der Waals surface area contributed by atoms with Crippen molar-refractivity contribution in [3.63, 3.8) is 0 Å². The number of amidine groups is 1. The lowest BCUT2D eigenvalue weighted by atomic mass is 10.0. The summed E-state index contributed by atoms with van der Waals surface area (Å²) < 4.78 is 1.99. The van der Waals surface area contributed by atoms with Crippen LogP contribution in [0.3, 0.4) is 0 Å². The molecule has 0 atom stereocenters. The van der Waals surface area contributed by atoms with Crippen LogP contribution in [-0.4, -0.2) is 11.5 Å². The Balaban J connectivity index is 1.85. The number of nitrogens with zero attached hydrogens (tertiary/aromatic N) is 2. The van der Waals surface area contributed by atoms with Gasteiger partial charge in [0.2, 0.25) is 0 Å². The number of nitrogens with one attached hydrogen (secondary N) is 1. The minimum absolute atomic E-state index is 0.692. The molecule has 4 rings (SSSR count). The van der Waals surface area contributed by atoms with Crippen molar-refractivity contribution in [2.24, 2.45) is 10.1 Å². The van der Waals surface area contributed by atoms with Gasteiger partial charge in [-0.15, -0.1) is 0 Å². The van der Waals surface area contributed by atoms with Crippen molar-refractivity contribution < 1.29 is 0 Å². The highest BCUT2D eigenvalue weighted by Crippen LogP contribution is 2.29. The van der Waals surface area contributed by atoms with Gasteiger partial charge in [0, 0.05) is 30.7 Å². The molecule has 128 valence electrons. The van der Waals surface area contributed by atoms with Crippen LogP contribution in [0.15, 0.2) is 85.8 Å². The second-order valence-electron chi connectivity index (χ2n) is 5.71. The Kier molecular flexibility index (Phi) is 4.94. The summed E-state index contributed by atoms with van der Waals surface area (Å²) in [5.41, 5.74) is 7.66. The molecule has 3 aromatic rings. The monoisotopic (exact) mass is 487 g/mol. The fourth-order valence-electron chi connectivity index (χ4n) is 2.67. The SMILES string of the molecule is Clc1ccc(C2=NNC(c3ccc(Br)cc3)=Nc3ccc(Br)cc32)cc1. The zero-order valence-corrected chi connectivity index (χ0v) is 17.3. The van der Waals surface area contributed by atoms with E-state index in [-0.39, 0.29) is 0 Å². The van der Waals surface area contributed by atoms with Crippen molar-refractivity contribution in [1.29, 1.82) is 0 Å². The van der Waals surface area contributed by atoms with Crippen molar-refractivity contribution in [1.82, 2.24) is 5.43 Å². The minimum atomic E-state index is 0.692. The smallest absolute Gasteiger partial charge is 0.154 e. The van der Waals surface area contributed by atoms with Crippen LogP contribution in [0, 0.1) is 0 Å². The zero-order valence-electron chi connectivity index (χ0n) is 13.4. The van der Waals surface area contributed by atoms with Crippen LogP contribution in [0.4, 0.5) is 5.69 Å². The number of benzene rings is 3. The number of halogens is 3. The van der Waals surface area contributed by atoms with Gasteiger partial charge in [-0.1, -0.05) is 67.7 Å². The fraction of sp³-hybridized carbons (Fsp3) is 0.